The van der Waals surface area contributed by atoms with E-state index in [1.54, 1.807) is 0 Å². The second kappa shape index (κ2) is 4.43. The Labute approximate surface area is 86.1 Å². The first-order chi connectivity index (χ1) is 6.64. The van der Waals surface area contributed by atoms with Gasteiger partial charge in [-0.15, -0.1) is 6.58 Å². The van der Waals surface area contributed by atoms with Gasteiger partial charge in [-0.1, -0.05) is 50.3 Å². The summed E-state index contributed by atoms with van der Waals surface area (Å²) in [6, 6.07) is 9.73. The molecule has 0 unspecified atom stereocenters. The van der Waals surface area contributed by atoms with E-state index in [4.69, 9.17) is 0 Å². The van der Waals surface area contributed by atoms with Crippen molar-refractivity contribution in [3.05, 3.63) is 48.6 Å². The average molecular weight is 190 g/mol. The molecule has 0 radical (unpaired) electrons. The Hall–Kier alpha value is -1.08. The van der Waals surface area contributed by atoms with Gasteiger partial charge in [-0.05, 0) is 12.0 Å². The second-order valence-electron chi connectivity index (χ2n) is 3.88. The van der Waals surface area contributed by atoms with Crippen LogP contribution in [-0.2, 0) is 0 Å². The lowest BCUT2D eigenvalue weighted by molar-refractivity contribution is 0.0673. The van der Waals surface area contributed by atoms with Gasteiger partial charge in [-0.2, -0.15) is 0 Å². The van der Waals surface area contributed by atoms with Gasteiger partial charge in [0.25, 0.3) is 0 Å². The SMILES string of the molecule is C=C[C@@](C)(CC)[C@@H](O)c1ccccc1. The number of aliphatic hydroxyl groups excluding tert-OH is 1. The van der Waals surface area contributed by atoms with Crippen LogP contribution in [0.25, 0.3) is 0 Å². The number of rotatable bonds is 4. The van der Waals surface area contributed by atoms with Crippen LogP contribution >= 0.6 is 0 Å². The molecule has 0 saturated carbocycles. The van der Waals surface area contributed by atoms with E-state index >= 15 is 0 Å². The Morgan fingerprint density at radius 3 is 2.43 bits per heavy atom. The molecule has 0 aliphatic heterocycles. The van der Waals surface area contributed by atoms with Crippen molar-refractivity contribution in [1.82, 2.24) is 0 Å². The van der Waals surface area contributed by atoms with Crippen molar-refractivity contribution < 1.29 is 5.11 Å². The molecule has 0 aliphatic rings. The third kappa shape index (κ3) is 2.05. The summed E-state index contributed by atoms with van der Waals surface area (Å²) in [4.78, 5) is 0. The standard InChI is InChI=1S/C13H18O/c1-4-13(3,5-2)12(14)11-9-7-6-8-10-11/h4,6-10,12,14H,1,5H2,2-3H3/t12-,13-/m0/s1. The molecule has 1 heteroatoms. The van der Waals surface area contributed by atoms with Crippen LogP contribution in [0, 0.1) is 5.41 Å². The van der Waals surface area contributed by atoms with Crippen LogP contribution in [0.2, 0.25) is 0 Å². The average Bonchev–Trinajstić information content (AvgIpc) is 2.28. The summed E-state index contributed by atoms with van der Waals surface area (Å²) in [5.41, 5.74) is 0.721. The smallest absolute Gasteiger partial charge is 0.0877 e. The highest BCUT2D eigenvalue weighted by Gasteiger charge is 2.28. The Morgan fingerprint density at radius 2 is 2.00 bits per heavy atom. The van der Waals surface area contributed by atoms with Crippen LogP contribution in [-0.4, -0.2) is 5.11 Å². The largest absolute Gasteiger partial charge is 0.388 e. The highest BCUT2D eigenvalue weighted by molar-refractivity contribution is 5.21. The van der Waals surface area contributed by atoms with E-state index in [2.05, 4.69) is 13.5 Å². The summed E-state index contributed by atoms with van der Waals surface area (Å²) in [7, 11) is 0. The van der Waals surface area contributed by atoms with Gasteiger partial charge in [0.15, 0.2) is 0 Å². The van der Waals surface area contributed by atoms with Crippen molar-refractivity contribution in [2.45, 2.75) is 26.4 Å². The van der Waals surface area contributed by atoms with Crippen molar-refractivity contribution in [3.8, 4) is 0 Å². The summed E-state index contributed by atoms with van der Waals surface area (Å²) < 4.78 is 0. The topological polar surface area (TPSA) is 20.2 Å². The number of aliphatic hydroxyl groups is 1. The molecule has 1 nitrogen and oxygen atoms in total. The minimum atomic E-state index is -0.466. The lowest BCUT2D eigenvalue weighted by Gasteiger charge is -2.30. The molecular formula is C13H18O. The first-order valence-corrected chi connectivity index (χ1v) is 5.00. The fourth-order valence-electron chi connectivity index (χ4n) is 1.47. The molecule has 0 aliphatic carbocycles. The molecule has 1 N–H and O–H groups in total. The van der Waals surface area contributed by atoms with Crippen molar-refractivity contribution in [2.24, 2.45) is 5.41 Å². The molecule has 0 amide bonds. The van der Waals surface area contributed by atoms with Crippen molar-refractivity contribution in [1.29, 1.82) is 0 Å². The molecule has 14 heavy (non-hydrogen) atoms. The highest BCUT2D eigenvalue weighted by Crippen LogP contribution is 2.37. The molecule has 1 aromatic rings. The fourth-order valence-corrected chi connectivity index (χ4v) is 1.47. The van der Waals surface area contributed by atoms with Crippen LogP contribution in [0.1, 0.15) is 31.9 Å². The molecule has 2 atom stereocenters. The maximum atomic E-state index is 10.2. The maximum absolute atomic E-state index is 10.2. The Bertz CT molecular complexity index is 291. The van der Waals surface area contributed by atoms with E-state index in [0.29, 0.717) is 0 Å². The molecule has 76 valence electrons. The predicted octanol–water partition coefficient (Wildman–Crippen LogP) is 3.32. The van der Waals surface area contributed by atoms with E-state index < -0.39 is 6.10 Å². The van der Waals surface area contributed by atoms with Gasteiger partial charge in [0.2, 0.25) is 0 Å². The summed E-state index contributed by atoms with van der Waals surface area (Å²) >= 11 is 0. The van der Waals surface area contributed by atoms with Crippen LogP contribution in [0.3, 0.4) is 0 Å². The van der Waals surface area contributed by atoms with Gasteiger partial charge in [0.05, 0.1) is 6.10 Å². The maximum Gasteiger partial charge on any atom is 0.0877 e. The van der Waals surface area contributed by atoms with Gasteiger partial charge in [-0.25, -0.2) is 0 Å². The Morgan fingerprint density at radius 1 is 1.43 bits per heavy atom. The number of hydrogen-bond acceptors (Lipinski definition) is 1. The monoisotopic (exact) mass is 190 g/mol. The van der Waals surface area contributed by atoms with Crippen LogP contribution in [0.15, 0.2) is 43.0 Å². The minimum Gasteiger partial charge on any atom is -0.388 e. The first kappa shape index (κ1) is 11.0. The summed E-state index contributed by atoms with van der Waals surface area (Å²) in [6.45, 7) is 7.88. The zero-order valence-electron chi connectivity index (χ0n) is 8.90. The van der Waals surface area contributed by atoms with E-state index in [9.17, 15) is 5.11 Å². The Kier molecular flexibility index (Phi) is 3.48. The van der Waals surface area contributed by atoms with E-state index in [0.717, 1.165) is 12.0 Å². The molecule has 0 spiro atoms. The lowest BCUT2D eigenvalue weighted by Crippen LogP contribution is -2.22. The van der Waals surface area contributed by atoms with Crippen LogP contribution in [0.5, 0.6) is 0 Å². The van der Waals surface area contributed by atoms with Gasteiger partial charge >= 0.3 is 0 Å². The summed E-state index contributed by atoms with van der Waals surface area (Å²) in [6.07, 6.45) is 2.25. The van der Waals surface area contributed by atoms with E-state index in [1.165, 1.54) is 0 Å². The molecule has 1 rings (SSSR count). The number of benzene rings is 1. The lowest BCUT2D eigenvalue weighted by atomic mass is 9.79. The van der Waals surface area contributed by atoms with Crippen molar-refractivity contribution in [3.63, 3.8) is 0 Å². The molecule has 0 fully saturated rings. The van der Waals surface area contributed by atoms with Gasteiger partial charge in [0, 0.05) is 5.41 Å². The van der Waals surface area contributed by atoms with Gasteiger partial charge < -0.3 is 5.11 Å². The zero-order chi connectivity index (χ0) is 10.6. The van der Waals surface area contributed by atoms with Gasteiger partial charge in [0.1, 0.15) is 0 Å². The quantitative estimate of drug-likeness (QED) is 0.722. The first-order valence-electron chi connectivity index (χ1n) is 5.00. The third-order valence-electron chi connectivity index (χ3n) is 2.97. The van der Waals surface area contributed by atoms with Crippen molar-refractivity contribution in [2.75, 3.05) is 0 Å². The summed E-state index contributed by atoms with van der Waals surface area (Å²) in [5, 5.41) is 10.2. The minimum absolute atomic E-state index is 0.235. The second-order valence-corrected chi connectivity index (χ2v) is 3.88. The number of hydrogen-bond donors (Lipinski definition) is 1. The highest BCUT2D eigenvalue weighted by atomic mass is 16.3. The van der Waals surface area contributed by atoms with Crippen LogP contribution < -0.4 is 0 Å². The van der Waals surface area contributed by atoms with Gasteiger partial charge in [-0.3, -0.25) is 0 Å². The van der Waals surface area contributed by atoms with E-state index in [-0.39, 0.29) is 5.41 Å². The zero-order valence-corrected chi connectivity index (χ0v) is 8.90. The predicted molar refractivity (Wildman–Crippen MR) is 60.0 cm³/mol. The van der Waals surface area contributed by atoms with Crippen LogP contribution in [0.4, 0.5) is 0 Å². The summed E-state index contributed by atoms with van der Waals surface area (Å²) in [5.74, 6) is 0. The molecule has 0 aromatic heterocycles. The third-order valence-corrected chi connectivity index (χ3v) is 2.97. The Balaban J connectivity index is 2.94. The normalized spacial score (nSPS) is 17.1. The molecular weight excluding hydrogens is 172 g/mol. The van der Waals surface area contributed by atoms with Crippen molar-refractivity contribution >= 4 is 0 Å². The fraction of sp³-hybridized carbons (Fsp3) is 0.385. The molecule has 1 aromatic carbocycles. The molecule has 0 bridgehead atoms. The molecule has 0 saturated heterocycles. The molecule has 0 heterocycles. The van der Waals surface area contributed by atoms with E-state index in [1.807, 2.05) is 43.3 Å².